The van der Waals surface area contributed by atoms with Gasteiger partial charge in [-0.3, -0.25) is 4.79 Å². The molecule has 0 aromatic heterocycles. The minimum Gasteiger partial charge on any atom is -0.380 e. The van der Waals surface area contributed by atoms with Crippen LogP contribution in [0, 0.1) is 0 Å². The van der Waals surface area contributed by atoms with Gasteiger partial charge in [0, 0.05) is 13.1 Å². The number of piperidine rings is 1. The molecule has 23 heavy (non-hydrogen) atoms. The molecule has 0 saturated carbocycles. The van der Waals surface area contributed by atoms with Gasteiger partial charge < -0.3 is 15.3 Å². The molecule has 1 fully saturated rings. The molecule has 4 nitrogen and oxygen atoms in total. The molecule has 1 atom stereocenters. The van der Waals surface area contributed by atoms with E-state index >= 15 is 0 Å². The number of halogens is 3. The van der Waals surface area contributed by atoms with Crippen LogP contribution in [0.4, 0.5) is 13.2 Å². The summed E-state index contributed by atoms with van der Waals surface area (Å²) in [5, 5.41) is 12.9. The summed E-state index contributed by atoms with van der Waals surface area (Å²) in [6.07, 6.45) is -3.95. The van der Waals surface area contributed by atoms with E-state index in [1.807, 2.05) is 11.9 Å². The molecule has 1 aromatic carbocycles. The lowest BCUT2D eigenvalue weighted by Crippen LogP contribution is -2.53. The maximum atomic E-state index is 13.1. The van der Waals surface area contributed by atoms with Crippen LogP contribution in [-0.4, -0.2) is 41.7 Å². The van der Waals surface area contributed by atoms with Crippen LogP contribution < -0.4 is 5.32 Å². The number of likely N-dealkylation sites (tertiary alicyclic amines) is 1. The fraction of sp³-hybridized carbons (Fsp3) is 0.562. The van der Waals surface area contributed by atoms with Crippen LogP contribution in [0.3, 0.4) is 0 Å². The quantitative estimate of drug-likeness (QED) is 0.894. The van der Waals surface area contributed by atoms with Crippen molar-refractivity contribution in [2.24, 2.45) is 0 Å². The Morgan fingerprint density at radius 1 is 1.30 bits per heavy atom. The highest BCUT2D eigenvalue weighted by atomic mass is 19.4. The number of carbonyl (C=O) groups is 1. The first-order valence-electron chi connectivity index (χ1n) is 7.51. The van der Waals surface area contributed by atoms with E-state index in [1.165, 1.54) is 25.1 Å². The molecule has 0 unspecified atom stereocenters. The third kappa shape index (κ3) is 4.03. The molecule has 1 amide bonds. The van der Waals surface area contributed by atoms with Crippen molar-refractivity contribution in [3.8, 4) is 0 Å². The first kappa shape index (κ1) is 17.7. The largest absolute Gasteiger partial charge is 0.416 e. The molecule has 2 N–H and O–H groups in total. The summed E-state index contributed by atoms with van der Waals surface area (Å²) >= 11 is 0. The van der Waals surface area contributed by atoms with Crippen LogP contribution >= 0.6 is 0 Å². The Labute approximate surface area is 133 Å². The summed E-state index contributed by atoms with van der Waals surface area (Å²) in [7, 11) is 1.89. The minimum atomic E-state index is -4.49. The molecule has 1 aromatic rings. The van der Waals surface area contributed by atoms with Crippen LogP contribution in [0.15, 0.2) is 24.3 Å². The van der Waals surface area contributed by atoms with Crippen LogP contribution in [0.1, 0.15) is 36.9 Å². The number of amides is 1. The van der Waals surface area contributed by atoms with E-state index in [9.17, 15) is 23.1 Å². The van der Waals surface area contributed by atoms with Gasteiger partial charge in [-0.1, -0.05) is 18.2 Å². The lowest BCUT2D eigenvalue weighted by Gasteiger charge is -2.36. The SMILES string of the molecule is C[C@H](NC(=O)C1(O)CCN(C)CC1)c1ccccc1C(F)(F)F. The zero-order chi connectivity index (χ0) is 17.3. The van der Waals surface area contributed by atoms with Crippen LogP contribution in [0.5, 0.6) is 0 Å². The zero-order valence-electron chi connectivity index (χ0n) is 13.2. The second-order valence-corrected chi connectivity index (χ2v) is 6.12. The third-order valence-electron chi connectivity index (χ3n) is 4.32. The summed E-state index contributed by atoms with van der Waals surface area (Å²) < 4.78 is 39.2. The van der Waals surface area contributed by atoms with E-state index in [-0.39, 0.29) is 18.4 Å². The maximum Gasteiger partial charge on any atom is 0.416 e. The molecule has 1 aliphatic rings. The van der Waals surface area contributed by atoms with E-state index in [1.54, 1.807) is 0 Å². The molecule has 0 aliphatic carbocycles. The molecule has 2 rings (SSSR count). The zero-order valence-corrected chi connectivity index (χ0v) is 13.2. The van der Waals surface area contributed by atoms with E-state index in [0.717, 1.165) is 6.07 Å². The fourth-order valence-electron chi connectivity index (χ4n) is 2.76. The number of hydrogen-bond donors (Lipinski definition) is 2. The number of benzene rings is 1. The average Bonchev–Trinajstić information content (AvgIpc) is 2.49. The Morgan fingerprint density at radius 2 is 1.87 bits per heavy atom. The fourth-order valence-corrected chi connectivity index (χ4v) is 2.76. The monoisotopic (exact) mass is 330 g/mol. The minimum absolute atomic E-state index is 0.00937. The van der Waals surface area contributed by atoms with E-state index in [0.29, 0.717) is 13.1 Å². The standard InChI is InChI=1S/C16H21F3N2O2/c1-11(12-5-3-4-6-13(12)16(17,18)19)20-14(22)15(23)7-9-21(2)10-8-15/h3-6,11,23H,7-10H2,1-2H3,(H,20,22)/t11-/m0/s1. The van der Waals surface area contributed by atoms with E-state index < -0.39 is 29.3 Å². The topological polar surface area (TPSA) is 52.6 Å². The third-order valence-corrected chi connectivity index (χ3v) is 4.32. The molecule has 0 bridgehead atoms. The lowest BCUT2D eigenvalue weighted by atomic mass is 9.90. The van der Waals surface area contributed by atoms with Crippen molar-refractivity contribution < 1.29 is 23.1 Å². The second kappa shape index (κ2) is 6.49. The van der Waals surface area contributed by atoms with E-state index in [2.05, 4.69) is 5.32 Å². The van der Waals surface area contributed by atoms with Gasteiger partial charge in [0.05, 0.1) is 11.6 Å². The van der Waals surface area contributed by atoms with Crippen molar-refractivity contribution in [3.63, 3.8) is 0 Å². The first-order chi connectivity index (χ1) is 10.6. The molecule has 1 heterocycles. The van der Waals surface area contributed by atoms with Crippen molar-refractivity contribution in [2.75, 3.05) is 20.1 Å². The molecular weight excluding hydrogens is 309 g/mol. The molecule has 128 valence electrons. The highest BCUT2D eigenvalue weighted by Gasteiger charge is 2.40. The van der Waals surface area contributed by atoms with Crippen LogP contribution in [0.2, 0.25) is 0 Å². The van der Waals surface area contributed by atoms with Crippen molar-refractivity contribution in [3.05, 3.63) is 35.4 Å². The Balaban J connectivity index is 2.13. The predicted octanol–water partition coefficient (Wildman–Crippen LogP) is 2.34. The smallest absolute Gasteiger partial charge is 0.380 e. The Kier molecular flexibility index (Phi) is 5.01. The maximum absolute atomic E-state index is 13.1. The summed E-state index contributed by atoms with van der Waals surface area (Å²) in [6, 6.07) is 4.29. The number of carbonyl (C=O) groups excluding carboxylic acids is 1. The van der Waals surface area contributed by atoms with Gasteiger partial charge in [0.15, 0.2) is 0 Å². The molecular formula is C16H21F3N2O2. The number of rotatable bonds is 3. The number of aliphatic hydroxyl groups is 1. The number of nitrogens with one attached hydrogen (secondary N) is 1. The van der Waals surface area contributed by atoms with Crippen LogP contribution in [-0.2, 0) is 11.0 Å². The summed E-state index contributed by atoms with van der Waals surface area (Å²) in [4.78, 5) is 14.3. The number of alkyl halides is 3. The molecule has 1 aliphatic heterocycles. The normalized spacial score (nSPS) is 20.1. The highest BCUT2D eigenvalue weighted by Crippen LogP contribution is 2.34. The van der Waals surface area contributed by atoms with Crippen LogP contribution in [0.25, 0.3) is 0 Å². The van der Waals surface area contributed by atoms with Crippen molar-refractivity contribution >= 4 is 5.91 Å². The Morgan fingerprint density at radius 3 is 2.43 bits per heavy atom. The van der Waals surface area contributed by atoms with Gasteiger partial charge in [0.1, 0.15) is 5.60 Å². The molecule has 7 heteroatoms. The van der Waals surface area contributed by atoms with E-state index in [4.69, 9.17) is 0 Å². The summed E-state index contributed by atoms with van der Waals surface area (Å²) in [5.74, 6) is -0.616. The van der Waals surface area contributed by atoms with Crippen molar-refractivity contribution in [2.45, 2.75) is 37.6 Å². The van der Waals surface area contributed by atoms with Gasteiger partial charge in [-0.25, -0.2) is 0 Å². The average molecular weight is 330 g/mol. The number of hydrogen-bond acceptors (Lipinski definition) is 3. The summed E-state index contributed by atoms with van der Waals surface area (Å²) in [6.45, 7) is 2.62. The predicted molar refractivity (Wildman–Crippen MR) is 79.7 cm³/mol. The lowest BCUT2D eigenvalue weighted by molar-refractivity contribution is -0.146. The summed E-state index contributed by atoms with van der Waals surface area (Å²) in [5.41, 5.74) is -2.30. The van der Waals surface area contributed by atoms with Gasteiger partial charge >= 0.3 is 6.18 Å². The van der Waals surface area contributed by atoms with Gasteiger partial charge in [0.25, 0.3) is 5.91 Å². The number of nitrogens with zero attached hydrogens (tertiary/aromatic N) is 1. The Hall–Kier alpha value is -1.60. The molecule has 0 radical (unpaired) electrons. The van der Waals surface area contributed by atoms with Gasteiger partial charge in [-0.2, -0.15) is 13.2 Å². The second-order valence-electron chi connectivity index (χ2n) is 6.12. The Bertz CT molecular complexity index is 567. The van der Waals surface area contributed by atoms with Crippen molar-refractivity contribution in [1.29, 1.82) is 0 Å². The van der Waals surface area contributed by atoms with Gasteiger partial charge in [-0.15, -0.1) is 0 Å². The van der Waals surface area contributed by atoms with Gasteiger partial charge in [-0.05, 0) is 38.4 Å². The molecule has 1 saturated heterocycles. The van der Waals surface area contributed by atoms with Crippen molar-refractivity contribution in [1.82, 2.24) is 10.2 Å². The first-order valence-corrected chi connectivity index (χ1v) is 7.51. The highest BCUT2D eigenvalue weighted by molar-refractivity contribution is 5.85. The van der Waals surface area contributed by atoms with Gasteiger partial charge in [0.2, 0.25) is 0 Å². The molecule has 0 spiro atoms.